The van der Waals surface area contributed by atoms with Crippen LogP contribution < -0.4 is 5.73 Å². The van der Waals surface area contributed by atoms with Crippen LogP contribution in [0.25, 0.3) is 0 Å². The second kappa shape index (κ2) is 5.18. The highest BCUT2D eigenvalue weighted by Crippen LogP contribution is 2.13. The van der Waals surface area contributed by atoms with E-state index in [9.17, 15) is 0 Å². The van der Waals surface area contributed by atoms with Crippen molar-refractivity contribution in [1.29, 1.82) is 0 Å². The SMILES string of the molecule is NCc1cnc(Cc2cccc(Br)c2)nc1. The Morgan fingerprint density at radius 1 is 1.12 bits per heavy atom. The van der Waals surface area contributed by atoms with E-state index in [1.165, 1.54) is 5.56 Å². The van der Waals surface area contributed by atoms with Crippen LogP contribution in [0.1, 0.15) is 17.0 Å². The third-order valence-corrected chi connectivity index (χ3v) is 2.74. The first-order valence-corrected chi connectivity index (χ1v) is 5.81. The lowest BCUT2D eigenvalue weighted by atomic mass is 10.1. The summed E-state index contributed by atoms with van der Waals surface area (Å²) in [5.41, 5.74) is 7.63. The van der Waals surface area contributed by atoms with E-state index >= 15 is 0 Å². The van der Waals surface area contributed by atoms with E-state index in [0.717, 1.165) is 22.3 Å². The molecule has 0 aliphatic rings. The van der Waals surface area contributed by atoms with E-state index in [-0.39, 0.29) is 0 Å². The fourth-order valence-corrected chi connectivity index (χ4v) is 1.85. The molecule has 0 amide bonds. The molecular weight excluding hydrogens is 266 g/mol. The van der Waals surface area contributed by atoms with Crippen molar-refractivity contribution in [2.24, 2.45) is 5.73 Å². The van der Waals surface area contributed by atoms with Crippen LogP contribution in [-0.4, -0.2) is 9.97 Å². The highest BCUT2D eigenvalue weighted by molar-refractivity contribution is 9.10. The molecular formula is C12H12BrN3. The molecule has 0 aliphatic carbocycles. The van der Waals surface area contributed by atoms with Gasteiger partial charge in [-0.3, -0.25) is 0 Å². The van der Waals surface area contributed by atoms with Crippen LogP contribution in [-0.2, 0) is 13.0 Å². The largest absolute Gasteiger partial charge is 0.326 e. The highest BCUT2D eigenvalue weighted by atomic mass is 79.9. The zero-order valence-electron chi connectivity index (χ0n) is 8.73. The van der Waals surface area contributed by atoms with Gasteiger partial charge in [-0.25, -0.2) is 9.97 Å². The van der Waals surface area contributed by atoms with Crippen LogP contribution in [0.5, 0.6) is 0 Å². The van der Waals surface area contributed by atoms with E-state index in [2.05, 4.69) is 38.0 Å². The van der Waals surface area contributed by atoms with Crippen molar-refractivity contribution in [3.63, 3.8) is 0 Å². The number of benzene rings is 1. The Bertz CT molecular complexity index is 468. The Morgan fingerprint density at radius 3 is 2.50 bits per heavy atom. The monoisotopic (exact) mass is 277 g/mol. The van der Waals surface area contributed by atoms with Gasteiger partial charge in [0.05, 0.1) is 0 Å². The molecule has 0 spiro atoms. The number of aromatic nitrogens is 2. The summed E-state index contributed by atoms with van der Waals surface area (Å²) in [5, 5.41) is 0. The summed E-state index contributed by atoms with van der Waals surface area (Å²) >= 11 is 3.44. The Morgan fingerprint density at radius 2 is 1.88 bits per heavy atom. The fraction of sp³-hybridized carbons (Fsp3) is 0.167. The third kappa shape index (κ3) is 2.87. The standard InChI is InChI=1S/C12H12BrN3/c13-11-3-1-2-9(4-11)5-12-15-7-10(6-14)8-16-12/h1-4,7-8H,5-6,14H2. The Labute approximate surface area is 103 Å². The minimum Gasteiger partial charge on any atom is -0.326 e. The van der Waals surface area contributed by atoms with E-state index in [1.54, 1.807) is 12.4 Å². The zero-order chi connectivity index (χ0) is 11.4. The second-order valence-electron chi connectivity index (χ2n) is 3.52. The minimum atomic E-state index is 0.483. The second-order valence-corrected chi connectivity index (χ2v) is 4.43. The van der Waals surface area contributed by atoms with Gasteiger partial charge < -0.3 is 5.73 Å². The summed E-state index contributed by atoms with van der Waals surface area (Å²) in [6.07, 6.45) is 4.30. The molecule has 4 heteroatoms. The van der Waals surface area contributed by atoms with Crippen molar-refractivity contribution in [2.75, 3.05) is 0 Å². The molecule has 2 aromatic rings. The molecule has 82 valence electrons. The normalized spacial score (nSPS) is 10.4. The van der Waals surface area contributed by atoms with Crippen LogP contribution in [0.15, 0.2) is 41.1 Å². The molecule has 2 N–H and O–H groups in total. The Kier molecular flexibility index (Phi) is 3.64. The maximum absolute atomic E-state index is 5.49. The van der Waals surface area contributed by atoms with Crippen molar-refractivity contribution >= 4 is 15.9 Å². The third-order valence-electron chi connectivity index (χ3n) is 2.25. The number of nitrogens with two attached hydrogens (primary N) is 1. The van der Waals surface area contributed by atoms with Crippen molar-refractivity contribution in [2.45, 2.75) is 13.0 Å². The summed E-state index contributed by atoms with van der Waals surface area (Å²) in [6.45, 7) is 0.483. The average Bonchev–Trinajstić information content (AvgIpc) is 2.30. The Balaban J connectivity index is 2.14. The maximum atomic E-state index is 5.49. The van der Waals surface area contributed by atoms with E-state index < -0.39 is 0 Å². The van der Waals surface area contributed by atoms with Gasteiger partial charge in [0.1, 0.15) is 5.82 Å². The van der Waals surface area contributed by atoms with Crippen molar-refractivity contribution in [1.82, 2.24) is 9.97 Å². The van der Waals surface area contributed by atoms with E-state index in [1.807, 2.05) is 12.1 Å². The average molecular weight is 278 g/mol. The summed E-state index contributed by atoms with van der Waals surface area (Å²) in [4.78, 5) is 8.54. The fourth-order valence-electron chi connectivity index (χ4n) is 1.41. The van der Waals surface area contributed by atoms with Crippen LogP contribution in [0, 0.1) is 0 Å². The van der Waals surface area contributed by atoms with Crippen molar-refractivity contribution in [3.05, 3.63) is 58.1 Å². The molecule has 0 saturated heterocycles. The highest BCUT2D eigenvalue weighted by Gasteiger charge is 2.00. The molecule has 0 atom stereocenters. The summed E-state index contributed by atoms with van der Waals surface area (Å²) in [6, 6.07) is 8.14. The minimum absolute atomic E-state index is 0.483. The first kappa shape index (κ1) is 11.2. The number of nitrogens with zero attached hydrogens (tertiary/aromatic N) is 2. The molecule has 0 fully saturated rings. The molecule has 1 aromatic carbocycles. The first-order valence-electron chi connectivity index (χ1n) is 5.02. The predicted molar refractivity (Wildman–Crippen MR) is 66.9 cm³/mol. The van der Waals surface area contributed by atoms with Crippen LogP contribution in [0.3, 0.4) is 0 Å². The first-order chi connectivity index (χ1) is 7.78. The van der Waals surface area contributed by atoms with Gasteiger partial charge in [-0.1, -0.05) is 28.1 Å². The van der Waals surface area contributed by atoms with Crippen molar-refractivity contribution < 1.29 is 0 Å². The van der Waals surface area contributed by atoms with Crippen LogP contribution in [0.2, 0.25) is 0 Å². The molecule has 0 bridgehead atoms. The molecule has 0 unspecified atom stereocenters. The molecule has 1 aromatic heterocycles. The lowest BCUT2D eigenvalue weighted by molar-refractivity contribution is 0.925. The predicted octanol–water partition coefficient (Wildman–Crippen LogP) is 2.29. The van der Waals surface area contributed by atoms with E-state index in [0.29, 0.717) is 6.54 Å². The number of hydrogen-bond donors (Lipinski definition) is 1. The summed E-state index contributed by atoms with van der Waals surface area (Å²) in [5.74, 6) is 0.815. The number of rotatable bonds is 3. The molecule has 16 heavy (non-hydrogen) atoms. The van der Waals surface area contributed by atoms with Gasteiger partial charge in [0, 0.05) is 35.4 Å². The lowest BCUT2D eigenvalue weighted by Crippen LogP contribution is -2.01. The molecule has 0 saturated carbocycles. The quantitative estimate of drug-likeness (QED) is 0.937. The van der Waals surface area contributed by atoms with Crippen molar-refractivity contribution in [3.8, 4) is 0 Å². The van der Waals surface area contributed by atoms with Gasteiger partial charge in [0.15, 0.2) is 0 Å². The summed E-state index contributed by atoms with van der Waals surface area (Å²) < 4.78 is 1.07. The van der Waals surface area contributed by atoms with E-state index in [4.69, 9.17) is 5.73 Å². The van der Waals surface area contributed by atoms with Gasteiger partial charge in [0.2, 0.25) is 0 Å². The topological polar surface area (TPSA) is 51.8 Å². The van der Waals surface area contributed by atoms with Gasteiger partial charge in [-0.2, -0.15) is 0 Å². The molecule has 2 rings (SSSR count). The number of hydrogen-bond acceptors (Lipinski definition) is 3. The zero-order valence-corrected chi connectivity index (χ0v) is 10.3. The van der Waals surface area contributed by atoms with Crippen LogP contribution >= 0.6 is 15.9 Å². The summed E-state index contributed by atoms with van der Waals surface area (Å²) in [7, 11) is 0. The lowest BCUT2D eigenvalue weighted by Gasteiger charge is -2.02. The molecule has 3 nitrogen and oxygen atoms in total. The van der Waals surface area contributed by atoms with Gasteiger partial charge >= 0.3 is 0 Å². The molecule has 0 aliphatic heterocycles. The van der Waals surface area contributed by atoms with Crippen LogP contribution in [0.4, 0.5) is 0 Å². The van der Waals surface area contributed by atoms with Gasteiger partial charge in [-0.05, 0) is 17.7 Å². The smallest absolute Gasteiger partial charge is 0.132 e. The molecule has 0 radical (unpaired) electrons. The molecule has 1 heterocycles. The Hall–Kier alpha value is -1.26. The van der Waals surface area contributed by atoms with Gasteiger partial charge in [-0.15, -0.1) is 0 Å². The maximum Gasteiger partial charge on any atom is 0.132 e. The number of halogens is 1. The van der Waals surface area contributed by atoms with Gasteiger partial charge in [0.25, 0.3) is 0 Å².